The van der Waals surface area contributed by atoms with Crippen molar-refractivity contribution in [2.24, 2.45) is 0 Å². The zero-order chi connectivity index (χ0) is 12.4. The largest absolute Gasteiger partial charge is 0.396 e. The van der Waals surface area contributed by atoms with Crippen molar-refractivity contribution in [3.05, 3.63) is 36.0 Å². The Morgan fingerprint density at radius 3 is 2.76 bits per heavy atom. The average Bonchev–Trinajstić information content (AvgIpc) is 2.60. The molecule has 2 rings (SSSR count). The molecule has 1 aromatic heterocycles. The molecule has 0 aliphatic carbocycles. The van der Waals surface area contributed by atoms with E-state index in [1.807, 2.05) is 6.92 Å². The predicted molar refractivity (Wildman–Crippen MR) is 62.3 cm³/mol. The summed E-state index contributed by atoms with van der Waals surface area (Å²) in [6.07, 6.45) is 2.56. The number of nitrogen functional groups attached to an aromatic ring is 1. The monoisotopic (exact) mass is 237 g/mol. The highest BCUT2D eigenvalue weighted by Crippen LogP contribution is 2.27. The highest BCUT2D eigenvalue weighted by atomic mass is 19.1. The topological polar surface area (TPSA) is 43.8 Å². The van der Waals surface area contributed by atoms with Gasteiger partial charge in [0, 0.05) is 24.4 Å². The summed E-state index contributed by atoms with van der Waals surface area (Å²) >= 11 is 0. The number of rotatable bonds is 3. The molecule has 0 saturated heterocycles. The minimum atomic E-state index is -0.654. The van der Waals surface area contributed by atoms with E-state index in [0.717, 1.165) is 12.5 Å². The smallest absolute Gasteiger partial charge is 0.135 e. The van der Waals surface area contributed by atoms with Crippen LogP contribution in [0.25, 0.3) is 11.3 Å². The van der Waals surface area contributed by atoms with Gasteiger partial charge >= 0.3 is 0 Å². The second kappa shape index (κ2) is 4.53. The average molecular weight is 237 g/mol. The van der Waals surface area contributed by atoms with Crippen LogP contribution in [0.15, 0.2) is 24.4 Å². The minimum Gasteiger partial charge on any atom is -0.396 e. The first-order valence-corrected chi connectivity index (χ1v) is 5.40. The summed E-state index contributed by atoms with van der Waals surface area (Å²) in [6.45, 7) is 2.73. The quantitative estimate of drug-likeness (QED) is 0.892. The first-order chi connectivity index (χ1) is 8.11. The van der Waals surface area contributed by atoms with Crippen LogP contribution in [-0.4, -0.2) is 9.78 Å². The van der Waals surface area contributed by atoms with E-state index < -0.39 is 11.6 Å². The molecule has 0 spiro atoms. The molecule has 2 N–H and O–H groups in total. The number of anilines is 1. The number of hydrogen-bond donors (Lipinski definition) is 1. The third-order valence-corrected chi connectivity index (χ3v) is 2.43. The molecule has 0 aliphatic rings. The van der Waals surface area contributed by atoms with Crippen molar-refractivity contribution >= 4 is 5.69 Å². The van der Waals surface area contributed by atoms with E-state index >= 15 is 0 Å². The first kappa shape index (κ1) is 11.6. The lowest BCUT2D eigenvalue weighted by Gasteiger charge is -2.01. The molecule has 0 amide bonds. The minimum absolute atomic E-state index is 0.221. The van der Waals surface area contributed by atoms with Crippen molar-refractivity contribution in [2.45, 2.75) is 19.9 Å². The van der Waals surface area contributed by atoms with Crippen LogP contribution in [0.5, 0.6) is 0 Å². The Bertz CT molecular complexity index is 535. The lowest BCUT2D eigenvalue weighted by atomic mass is 10.1. The summed E-state index contributed by atoms with van der Waals surface area (Å²) in [5.41, 5.74) is 6.74. The van der Waals surface area contributed by atoms with E-state index in [1.54, 1.807) is 10.9 Å². The lowest BCUT2D eigenvalue weighted by Crippen LogP contribution is -1.97. The molecule has 0 bridgehead atoms. The van der Waals surface area contributed by atoms with E-state index in [0.29, 0.717) is 17.9 Å². The zero-order valence-electron chi connectivity index (χ0n) is 9.45. The van der Waals surface area contributed by atoms with Gasteiger partial charge in [0.25, 0.3) is 0 Å². The van der Waals surface area contributed by atoms with Gasteiger partial charge in [-0.3, -0.25) is 4.68 Å². The van der Waals surface area contributed by atoms with Gasteiger partial charge in [0.1, 0.15) is 17.3 Å². The number of aromatic nitrogens is 2. The molecule has 3 nitrogen and oxygen atoms in total. The number of aryl methyl sites for hydroxylation is 1. The molecule has 17 heavy (non-hydrogen) atoms. The normalized spacial score (nSPS) is 10.8. The van der Waals surface area contributed by atoms with Crippen molar-refractivity contribution in [3.8, 4) is 11.3 Å². The molecule has 5 heteroatoms. The third-order valence-electron chi connectivity index (χ3n) is 2.43. The molecule has 0 fully saturated rings. The van der Waals surface area contributed by atoms with E-state index in [2.05, 4.69) is 5.10 Å². The molecular formula is C12H13F2N3. The molecule has 90 valence electrons. The van der Waals surface area contributed by atoms with Crippen LogP contribution in [0.1, 0.15) is 13.3 Å². The van der Waals surface area contributed by atoms with Gasteiger partial charge in [0.05, 0.1) is 5.69 Å². The zero-order valence-corrected chi connectivity index (χ0v) is 9.45. The summed E-state index contributed by atoms with van der Waals surface area (Å²) in [6, 6.07) is 3.37. The van der Waals surface area contributed by atoms with Crippen LogP contribution in [-0.2, 0) is 6.54 Å². The summed E-state index contributed by atoms with van der Waals surface area (Å²) in [5, 5.41) is 4.19. The van der Waals surface area contributed by atoms with Crippen molar-refractivity contribution in [1.82, 2.24) is 9.78 Å². The van der Waals surface area contributed by atoms with Crippen LogP contribution >= 0.6 is 0 Å². The molecule has 1 aromatic carbocycles. The van der Waals surface area contributed by atoms with Crippen molar-refractivity contribution < 1.29 is 8.78 Å². The lowest BCUT2D eigenvalue weighted by molar-refractivity contribution is 0.582. The second-order valence-electron chi connectivity index (χ2n) is 3.82. The maximum absolute atomic E-state index is 13.6. The molecule has 0 atom stereocenters. The first-order valence-electron chi connectivity index (χ1n) is 5.40. The van der Waals surface area contributed by atoms with Gasteiger partial charge in [-0.05, 0) is 18.6 Å². The number of nitrogens with two attached hydrogens (primary N) is 1. The molecule has 1 heterocycles. The number of hydrogen-bond acceptors (Lipinski definition) is 2. The maximum Gasteiger partial charge on any atom is 0.135 e. The summed E-state index contributed by atoms with van der Waals surface area (Å²) < 4.78 is 28.0. The number of halogens is 2. The fraction of sp³-hybridized carbons (Fsp3) is 0.250. The van der Waals surface area contributed by atoms with E-state index in [-0.39, 0.29) is 5.56 Å². The van der Waals surface area contributed by atoms with Gasteiger partial charge in [-0.25, -0.2) is 8.78 Å². The fourth-order valence-electron chi connectivity index (χ4n) is 1.67. The van der Waals surface area contributed by atoms with Gasteiger partial charge in [-0.15, -0.1) is 0 Å². The Morgan fingerprint density at radius 1 is 1.35 bits per heavy atom. The predicted octanol–water partition coefficient (Wildman–Crippen LogP) is 2.82. The Hall–Kier alpha value is -1.91. The van der Waals surface area contributed by atoms with E-state index in [4.69, 9.17) is 5.73 Å². The molecule has 0 unspecified atom stereocenters. The Labute approximate surface area is 97.9 Å². The molecule has 2 aromatic rings. The van der Waals surface area contributed by atoms with Crippen molar-refractivity contribution in [2.75, 3.05) is 5.73 Å². The van der Waals surface area contributed by atoms with E-state index in [1.165, 1.54) is 12.1 Å². The highest BCUT2D eigenvalue weighted by molar-refractivity contribution is 5.72. The summed E-state index contributed by atoms with van der Waals surface area (Å²) in [5.74, 6) is -1.27. The highest BCUT2D eigenvalue weighted by Gasteiger charge is 2.13. The van der Waals surface area contributed by atoms with Crippen molar-refractivity contribution in [3.63, 3.8) is 0 Å². The Morgan fingerprint density at radius 2 is 2.12 bits per heavy atom. The van der Waals surface area contributed by atoms with Gasteiger partial charge in [0.15, 0.2) is 0 Å². The standard InChI is InChI=1S/C12H13F2N3/c1-2-5-17-7-11(15)12(16-17)9-4-3-8(13)6-10(9)14/h3-4,6-7H,2,5,15H2,1H3. The van der Waals surface area contributed by atoms with Gasteiger partial charge in [-0.1, -0.05) is 6.92 Å². The SMILES string of the molecule is CCCn1cc(N)c(-c2ccc(F)cc2F)n1. The Kier molecular flexibility index (Phi) is 3.08. The van der Waals surface area contributed by atoms with Crippen molar-refractivity contribution in [1.29, 1.82) is 0 Å². The van der Waals surface area contributed by atoms with Gasteiger partial charge < -0.3 is 5.73 Å². The van der Waals surface area contributed by atoms with Crippen LogP contribution in [0, 0.1) is 11.6 Å². The number of benzene rings is 1. The number of nitrogens with zero attached hydrogens (tertiary/aromatic N) is 2. The van der Waals surface area contributed by atoms with Crippen LogP contribution in [0.4, 0.5) is 14.5 Å². The van der Waals surface area contributed by atoms with Crippen LogP contribution in [0.3, 0.4) is 0 Å². The van der Waals surface area contributed by atoms with Gasteiger partial charge in [-0.2, -0.15) is 5.10 Å². The van der Waals surface area contributed by atoms with Crippen LogP contribution < -0.4 is 5.73 Å². The molecular weight excluding hydrogens is 224 g/mol. The van der Waals surface area contributed by atoms with E-state index in [9.17, 15) is 8.78 Å². The molecule has 0 saturated carbocycles. The second-order valence-corrected chi connectivity index (χ2v) is 3.82. The third kappa shape index (κ3) is 2.27. The fourth-order valence-corrected chi connectivity index (χ4v) is 1.67. The molecule has 0 radical (unpaired) electrons. The maximum atomic E-state index is 13.6. The van der Waals surface area contributed by atoms with Gasteiger partial charge in [0.2, 0.25) is 0 Å². The molecule has 0 aliphatic heterocycles. The summed E-state index contributed by atoms with van der Waals surface area (Å²) in [7, 11) is 0. The van der Waals surface area contributed by atoms with Crippen LogP contribution in [0.2, 0.25) is 0 Å². The summed E-state index contributed by atoms with van der Waals surface area (Å²) in [4.78, 5) is 0. The Balaban J connectivity index is 2.45.